The lowest BCUT2D eigenvalue weighted by atomic mass is 10.2. The Kier molecular flexibility index (Phi) is 4.39. The number of halogens is 1. The zero-order chi connectivity index (χ0) is 18.8. The van der Waals surface area contributed by atoms with Gasteiger partial charge in [-0.1, -0.05) is 22.9 Å². The Morgan fingerprint density at radius 2 is 2.00 bits per heavy atom. The van der Waals surface area contributed by atoms with Gasteiger partial charge in [-0.05, 0) is 30.3 Å². The van der Waals surface area contributed by atoms with E-state index in [1.165, 1.54) is 6.07 Å². The Labute approximate surface area is 158 Å². The third-order valence-electron chi connectivity index (χ3n) is 3.89. The van der Waals surface area contributed by atoms with Crippen LogP contribution in [0.3, 0.4) is 0 Å². The van der Waals surface area contributed by atoms with Crippen LogP contribution in [0.5, 0.6) is 5.75 Å². The Morgan fingerprint density at radius 3 is 2.78 bits per heavy atom. The Morgan fingerprint density at radius 1 is 1.19 bits per heavy atom. The fourth-order valence-electron chi connectivity index (χ4n) is 2.58. The van der Waals surface area contributed by atoms with E-state index in [0.29, 0.717) is 21.6 Å². The summed E-state index contributed by atoms with van der Waals surface area (Å²) in [5.41, 5.74) is 1.81. The van der Waals surface area contributed by atoms with Gasteiger partial charge in [0.05, 0.1) is 22.3 Å². The molecule has 0 spiro atoms. The monoisotopic (exact) mass is 381 g/mol. The first-order chi connectivity index (χ1) is 13.1. The number of aromatic nitrogens is 4. The van der Waals surface area contributed by atoms with Crippen LogP contribution in [0.1, 0.15) is 5.69 Å². The summed E-state index contributed by atoms with van der Waals surface area (Å²) >= 11 is 5.88. The molecule has 2 aromatic heterocycles. The maximum atomic E-state index is 11.4. The molecule has 27 heavy (non-hydrogen) atoms. The number of benzene rings is 2. The molecule has 0 bridgehead atoms. The van der Waals surface area contributed by atoms with Crippen LogP contribution >= 0.6 is 11.6 Å². The van der Waals surface area contributed by atoms with Gasteiger partial charge in [-0.2, -0.15) is 0 Å². The molecule has 8 nitrogen and oxygen atoms in total. The van der Waals surface area contributed by atoms with E-state index in [2.05, 4.69) is 15.3 Å². The van der Waals surface area contributed by atoms with Crippen molar-refractivity contribution in [2.75, 3.05) is 0 Å². The van der Waals surface area contributed by atoms with Gasteiger partial charge in [0.15, 0.2) is 5.75 Å². The minimum Gasteiger partial charge on any atom is -0.480 e. The number of hydrogen-bond donors (Lipinski definition) is 0. The molecular weight excluding hydrogens is 370 g/mol. The summed E-state index contributed by atoms with van der Waals surface area (Å²) in [6.45, 7) is 0.0345. The van der Waals surface area contributed by atoms with Crippen molar-refractivity contribution in [3.63, 3.8) is 0 Å². The van der Waals surface area contributed by atoms with Crippen molar-refractivity contribution in [3.8, 4) is 11.4 Å². The van der Waals surface area contributed by atoms with Crippen molar-refractivity contribution < 1.29 is 9.66 Å². The molecule has 0 saturated carbocycles. The van der Waals surface area contributed by atoms with Gasteiger partial charge in [-0.15, -0.1) is 5.10 Å². The summed E-state index contributed by atoms with van der Waals surface area (Å²) in [6.07, 6.45) is 3.31. The number of rotatable bonds is 5. The fraction of sp³-hybridized carbons (Fsp3) is 0.0556. The SMILES string of the molecule is O=[N+]([O-])c1cc2cccnc2cc1OCc1cn(-c2ccc(Cl)cc2)nn1. The second-order valence-corrected chi connectivity index (χ2v) is 6.13. The number of ether oxygens (including phenoxy) is 1. The smallest absolute Gasteiger partial charge is 0.311 e. The zero-order valence-electron chi connectivity index (χ0n) is 13.8. The van der Waals surface area contributed by atoms with Crippen molar-refractivity contribution in [1.29, 1.82) is 0 Å². The van der Waals surface area contributed by atoms with E-state index >= 15 is 0 Å². The molecule has 0 atom stereocenters. The van der Waals surface area contributed by atoms with Crippen LogP contribution in [0.25, 0.3) is 16.6 Å². The van der Waals surface area contributed by atoms with E-state index in [4.69, 9.17) is 16.3 Å². The van der Waals surface area contributed by atoms with Crippen molar-refractivity contribution in [2.45, 2.75) is 6.61 Å². The largest absolute Gasteiger partial charge is 0.480 e. The maximum Gasteiger partial charge on any atom is 0.311 e. The Hall–Kier alpha value is -3.52. The molecule has 134 valence electrons. The summed E-state index contributed by atoms with van der Waals surface area (Å²) < 4.78 is 7.22. The molecule has 0 amide bonds. The number of hydrogen-bond acceptors (Lipinski definition) is 6. The zero-order valence-corrected chi connectivity index (χ0v) is 14.6. The summed E-state index contributed by atoms with van der Waals surface area (Å²) in [4.78, 5) is 15.1. The van der Waals surface area contributed by atoms with E-state index in [1.54, 1.807) is 47.4 Å². The predicted octanol–water partition coefficient (Wildman–Crippen LogP) is 3.96. The summed E-state index contributed by atoms with van der Waals surface area (Å²) in [6, 6.07) is 13.6. The second kappa shape index (κ2) is 7.00. The highest BCUT2D eigenvalue weighted by Crippen LogP contribution is 2.31. The van der Waals surface area contributed by atoms with E-state index < -0.39 is 4.92 Å². The van der Waals surface area contributed by atoms with Crippen molar-refractivity contribution in [1.82, 2.24) is 20.0 Å². The maximum absolute atomic E-state index is 11.4. The summed E-state index contributed by atoms with van der Waals surface area (Å²) in [5.74, 6) is 0.132. The van der Waals surface area contributed by atoms with Gasteiger partial charge in [0.25, 0.3) is 0 Å². The van der Waals surface area contributed by atoms with Crippen molar-refractivity contribution in [2.24, 2.45) is 0 Å². The lowest BCUT2D eigenvalue weighted by Crippen LogP contribution is -2.00. The molecule has 4 rings (SSSR count). The van der Waals surface area contributed by atoms with E-state index in [9.17, 15) is 10.1 Å². The van der Waals surface area contributed by atoms with Gasteiger partial charge >= 0.3 is 5.69 Å². The average molecular weight is 382 g/mol. The first-order valence-electron chi connectivity index (χ1n) is 7.93. The molecule has 0 aliphatic rings. The summed E-state index contributed by atoms with van der Waals surface area (Å²) in [7, 11) is 0. The normalized spacial score (nSPS) is 10.9. The lowest BCUT2D eigenvalue weighted by molar-refractivity contribution is -0.385. The number of nitro benzene ring substituents is 1. The molecule has 2 heterocycles. The van der Waals surface area contributed by atoms with Gasteiger partial charge in [0.1, 0.15) is 12.3 Å². The number of nitro groups is 1. The van der Waals surface area contributed by atoms with Crippen LogP contribution in [-0.2, 0) is 6.61 Å². The molecule has 9 heteroatoms. The molecule has 0 N–H and O–H groups in total. The third kappa shape index (κ3) is 3.56. The van der Waals surface area contributed by atoms with Gasteiger partial charge in [0.2, 0.25) is 0 Å². The van der Waals surface area contributed by atoms with Crippen LogP contribution in [0, 0.1) is 10.1 Å². The standard InChI is InChI=1S/C18H12ClN5O3/c19-13-3-5-15(6-4-13)23-10-14(21-22-23)11-27-18-9-16-12(2-1-7-20-16)8-17(18)24(25)26/h1-10H,11H2. The second-order valence-electron chi connectivity index (χ2n) is 5.69. The van der Waals surface area contributed by atoms with Crippen molar-refractivity contribution >= 4 is 28.2 Å². The van der Waals surface area contributed by atoms with Gasteiger partial charge in [0, 0.05) is 28.7 Å². The van der Waals surface area contributed by atoms with Gasteiger partial charge in [-0.3, -0.25) is 15.1 Å². The minimum absolute atomic E-state index is 0.0345. The Balaban J connectivity index is 1.57. The molecule has 0 aliphatic carbocycles. The molecule has 0 radical (unpaired) electrons. The van der Waals surface area contributed by atoms with E-state index in [1.807, 2.05) is 12.1 Å². The molecule has 4 aromatic rings. The summed E-state index contributed by atoms with van der Waals surface area (Å²) in [5, 5.41) is 20.7. The molecule has 0 fully saturated rings. The lowest BCUT2D eigenvalue weighted by Gasteiger charge is -2.06. The van der Waals surface area contributed by atoms with E-state index in [0.717, 1.165) is 5.69 Å². The number of nitrogens with zero attached hydrogens (tertiary/aromatic N) is 5. The minimum atomic E-state index is -0.480. The van der Waals surface area contributed by atoms with Crippen LogP contribution in [0.15, 0.2) is 60.9 Å². The third-order valence-corrected chi connectivity index (χ3v) is 4.14. The molecule has 0 saturated heterocycles. The predicted molar refractivity (Wildman–Crippen MR) is 99.1 cm³/mol. The molecule has 0 unspecified atom stereocenters. The first-order valence-corrected chi connectivity index (χ1v) is 8.31. The van der Waals surface area contributed by atoms with Crippen LogP contribution < -0.4 is 4.74 Å². The topological polar surface area (TPSA) is 96.0 Å². The van der Waals surface area contributed by atoms with Crippen LogP contribution in [0.2, 0.25) is 5.02 Å². The van der Waals surface area contributed by atoms with Crippen molar-refractivity contribution in [3.05, 3.63) is 81.8 Å². The number of fused-ring (bicyclic) bond motifs is 1. The molecule has 2 aromatic carbocycles. The van der Waals surface area contributed by atoms with Gasteiger partial charge in [-0.25, -0.2) is 4.68 Å². The van der Waals surface area contributed by atoms with Crippen LogP contribution in [0.4, 0.5) is 5.69 Å². The highest BCUT2D eigenvalue weighted by molar-refractivity contribution is 6.30. The van der Waals surface area contributed by atoms with Gasteiger partial charge < -0.3 is 4.74 Å². The first kappa shape index (κ1) is 16.9. The quantitative estimate of drug-likeness (QED) is 0.383. The van der Waals surface area contributed by atoms with Crippen LogP contribution in [-0.4, -0.2) is 24.9 Å². The molecular formula is C18H12ClN5O3. The highest BCUT2D eigenvalue weighted by Gasteiger charge is 2.17. The highest BCUT2D eigenvalue weighted by atomic mass is 35.5. The average Bonchev–Trinajstić information content (AvgIpc) is 3.15. The Bertz CT molecular complexity index is 1130. The fourth-order valence-corrected chi connectivity index (χ4v) is 2.71. The number of pyridine rings is 1. The molecule has 0 aliphatic heterocycles. The van der Waals surface area contributed by atoms with E-state index in [-0.39, 0.29) is 18.0 Å².